The zero-order valence-corrected chi connectivity index (χ0v) is 16.4. The van der Waals surface area contributed by atoms with E-state index >= 15 is 0 Å². The fourth-order valence-electron chi connectivity index (χ4n) is 8.26. The van der Waals surface area contributed by atoms with Crippen molar-refractivity contribution < 1.29 is 14.6 Å². The van der Waals surface area contributed by atoms with Gasteiger partial charge in [-0.15, -0.1) is 6.42 Å². The number of fused-ring (bicyclic) bond motifs is 6. The van der Waals surface area contributed by atoms with E-state index in [2.05, 4.69) is 19.8 Å². The lowest BCUT2D eigenvalue weighted by molar-refractivity contribution is -0.248. The van der Waals surface area contributed by atoms with Crippen LogP contribution in [-0.4, -0.2) is 29.7 Å². The van der Waals surface area contributed by atoms with Gasteiger partial charge in [-0.3, -0.25) is 0 Å². The smallest absolute Gasteiger partial charge is 0.174 e. The summed E-state index contributed by atoms with van der Waals surface area (Å²) < 4.78 is 12.5. The van der Waals surface area contributed by atoms with Crippen molar-refractivity contribution in [3.05, 3.63) is 0 Å². The average molecular weight is 359 g/mol. The molecule has 3 nitrogen and oxygen atoms in total. The predicted octanol–water partition coefficient (Wildman–Crippen LogP) is 4.14. The van der Waals surface area contributed by atoms with Gasteiger partial charge in [-0.1, -0.05) is 19.8 Å². The second kappa shape index (κ2) is 5.49. The molecule has 26 heavy (non-hydrogen) atoms. The number of terminal acetylenes is 1. The van der Waals surface area contributed by atoms with Gasteiger partial charge < -0.3 is 14.6 Å². The fraction of sp³-hybridized carbons (Fsp3) is 0.913. The minimum absolute atomic E-state index is 0.183. The highest BCUT2D eigenvalue weighted by atomic mass is 16.7. The molecule has 5 fully saturated rings. The fourth-order valence-corrected chi connectivity index (χ4v) is 8.26. The van der Waals surface area contributed by atoms with Crippen molar-refractivity contribution in [1.29, 1.82) is 0 Å². The molecule has 0 radical (unpaired) electrons. The van der Waals surface area contributed by atoms with Gasteiger partial charge in [-0.2, -0.15) is 0 Å². The summed E-state index contributed by atoms with van der Waals surface area (Å²) in [5.41, 5.74) is -0.328. The normalized spacial score (nSPS) is 55.0. The Morgan fingerprint density at radius 1 is 0.923 bits per heavy atom. The van der Waals surface area contributed by atoms with Crippen molar-refractivity contribution in [1.82, 2.24) is 0 Å². The summed E-state index contributed by atoms with van der Waals surface area (Å²) in [5.74, 6) is 5.28. The molecule has 0 amide bonds. The highest BCUT2D eigenvalue weighted by Crippen LogP contribution is 2.69. The van der Waals surface area contributed by atoms with Gasteiger partial charge in [0, 0.05) is 11.8 Å². The Labute approximate surface area is 158 Å². The van der Waals surface area contributed by atoms with E-state index in [1.807, 2.05) is 0 Å². The number of rotatable bonds is 0. The molecule has 1 aliphatic heterocycles. The van der Waals surface area contributed by atoms with Gasteiger partial charge in [0.1, 0.15) is 5.60 Å². The Morgan fingerprint density at radius 2 is 1.65 bits per heavy atom. The summed E-state index contributed by atoms with van der Waals surface area (Å²) in [7, 11) is 0. The van der Waals surface area contributed by atoms with Gasteiger partial charge in [0.25, 0.3) is 0 Å². The average Bonchev–Trinajstić information content (AvgIpc) is 3.22. The van der Waals surface area contributed by atoms with Crippen LogP contribution < -0.4 is 0 Å². The summed E-state index contributed by atoms with van der Waals surface area (Å²) in [4.78, 5) is 0. The molecular formula is C23H34O3. The lowest BCUT2D eigenvalue weighted by atomic mass is 9.44. The Morgan fingerprint density at radius 3 is 2.38 bits per heavy atom. The molecule has 4 saturated carbocycles. The largest absolute Gasteiger partial charge is 0.378 e. The third-order valence-electron chi connectivity index (χ3n) is 9.79. The predicted molar refractivity (Wildman–Crippen MR) is 100 cm³/mol. The number of hydrogen-bond acceptors (Lipinski definition) is 3. The lowest BCUT2D eigenvalue weighted by Gasteiger charge is -2.62. The van der Waals surface area contributed by atoms with Crippen molar-refractivity contribution in [3.8, 4) is 12.3 Å². The minimum atomic E-state index is -0.858. The SMILES string of the molecule is C#C[C@]1(O)CC[C@@]2(C)[C@H](CC[C@@H]3[C@H]2CC[C@@]2(C)[C@@H]3CCC23OCCO3)C1. The van der Waals surface area contributed by atoms with E-state index in [4.69, 9.17) is 15.9 Å². The molecule has 4 aliphatic carbocycles. The quantitative estimate of drug-likeness (QED) is 0.662. The van der Waals surface area contributed by atoms with Gasteiger partial charge in [0.2, 0.25) is 0 Å². The zero-order chi connectivity index (χ0) is 18.2. The zero-order valence-electron chi connectivity index (χ0n) is 16.4. The first-order valence-corrected chi connectivity index (χ1v) is 10.8. The third kappa shape index (κ3) is 2.07. The molecule has 0 bridgehead atoms. The van der Waals surface area contributed by atoms with Crippen molar-refractivity contribution in [3.63, 3.8) is 0 Å². The molecule has 0 unspecified atom stereocenters. The van der Waals surface area contributed by atoms with E-state index in [0.717, 1.165) is 56.7 Å². The van der Waals surface area contributed by atoms with Crippen LogP contribution in [0.4, 0.5) is 0 Å². The Balaban J connectivity index is 1.43. The summed E-state index contributed by atoms with van der Waals surface area (Å²) in [6.07, 6.45) is 15.7. The number of hydrogen-bond donors (Lipinski definition) is 1. The van der Waals surface area contributed by atoms with Crippen molar-refractivity contribution in [2.45, 2.75) is 83.0 Å². The molecule has 7 atom stereocenters. The van der Waals surface area contributed by atoms with E-state index in [1.165, 1.54) is 32.1 Å². The van der Waals surface area contributed by atoms with Gasteiger partial charge in [0.05, 0.1) is 13.2 Å². The number of ether oxygens (including phenoxy) is 2. The first kappa shape index (κ1) is 17.5. The first-order valence-electron chi connectivity index (χ1n) is 10.8. The monoisotopic (exact) mass is 358 g/mol. The Bertz CT molecular complexity index is 632. The van der Waals surface area contributed by atoms with Crippen molar-refractivity contribution in [2.75, 3.05) is 13.2 Å². The standard InChI is InChI=1S/C23H34O3/c1-4-22(24)12-11-20(2)16(15-22)5-6-17-18(20)7-9-21(3)19(17)8-10-23(21)25-13-14-26-23/h1,16-19,24H,5-15H2,2-3H3/t16-,17-,18-,19-,20+,21+,22+/m1/s1. The van der Waals surface area contributed by atoms with E-state index < -0.39 is 5.60 Å². The van der Waals surface area contributed by atoms with Crippen LogP contribution in [0.5, 0.6) is 0 Å². The second-order valence-corrected chi connectivity index (χ2v) is 10.5. The van der Waals surface area contributed by atoms with Gasteiger partial charge in [-0.25, -0.2) is 0 Å². The van der Waals surface area contributed by atoms with Crippen LogP contribution in [0, 0.1) is 46.8 Å². The second-order valence-electron chi connectivity index (χ2n) is 10.5. The molecule has 5 rings (SSSR count). The van der Waals surface area contributed by atoms with Gasteiger partial charge in [-0.05, 0) is 80.5 Å². The summed E-state index contributed by atoms with van der Waals surface area (Å²) in [5, 5.41) is 10.7. The molecule has 1 saturated heterocycles. The van der Waals surface area contributed by atoms with Crippen LogP contribution in [0.1, 0.15) is 71.6 Å². The van der Waals surface area contributed by atoms with Crippen LogP contribution in [0.25, 0.3) is 0 Å². The third-order valence-corrected chi connectivity index (χ3v) is 9.79. The highest BCUT2D eigenvalue weighted by Gasteiger charge is 2.67. The first-order chi connectivity index (χ1) is 12.4. The summed E-state index contributed by atoms with van der Waals surface area (Å²) >= 11 is 0. The number of aliphatic hydroxyl groups is 1. The molecule has 1 heterocycles. The molecule has 1 N–H and O–H groups in total. The molecule has 0 aromatic rings. The van der Waals surface area contributed by atoms with Crippen LogP contribution >= 0.6 is 0 Å². The molecule has 0 aromatic carbocycles. The lowest BCUT2D eigenvalue weighted by Crippen LogP contribution is -2.58. The Kier molecular flexibility index (Phi) is 3.70. The van der Waals surface area contributed by atoms with Crippen LogP contribution in [-0.2, 0) is 9.47 Å². The van der Waals surface area contributed by atoms with Crippen LogP contribution in [0.2, 0.25) is 0 Å². The minimum Gasteiger partial charge on any atom is -0.378 e. The maximum Gasteiger partial charge on any atom is 0.174 e. The van der Waals surface area contributed by atoms with E-state index in [-0.39, 0.29) is 11.2 Å². The molecule has 144 valence electrons. The van der Waals surface area contributed by atoms with Crippen molar-refractivity contribution >= 4 is 0 Å². The summed E-state index contributed by atoms with van der Waals surface area (Å²) in [6, 6.07) is 0. The molecule has 3 heteroatoms. The van der Waals surface area contributed by atoms with Crippen LogP contribution in [0.3, 0.4) is 0 Å². The molecule has 1 spiro atoms. The maximum absolute atomic E-state index is 10.7. The van der Waals surface area contributed by atoms with Gasteiger partial charge >= 0.3 is 0 Å². The Hall–Kier alpha value is -0.560. The van der Waals surface area contributed by atoms with E-state index in [9.17, 15) is 5.11 Å². The molecule has 0 aromatic heterocycles. The molecular weight excluding hydrogens is 324 g/mol. The van der Waals surface area contributed by atoms with E-state index in [1.54, 1.807) is 0 Å². The molecule has 5 aliphatic rings. The highest BCUT2D eigenvalue weighted by molar-refractivity contribution is 5.17. The van der Waals surface area contributed by atoms with E-state index in [0.29, 0.717) is 11.3 Å². The topological polar surface area (TPSA) is 38.7 Å². The summed E-state index contributed by atoms with van der Waals surface area (Å²) in [6.45, 7) is 6.50. The maximum atomic E-state index is 10.7. The van der Waals surface area contributed by atoms with Gasteiger partial charge in [0.15, 0.2) is 5.79 Å². The van der Waals surface area contributed by atoms with Crippen molar-refractivity contribution in [2.24, 2.45) is 34.5 Å². The van der Waals surface area contributed by atoms with Crippen LogP contribution in [0.15, 0.2) is 0 Å².